The average molecular weight is 375 g/mol. The Morgan fingerprint density at radius 1 is 1.26 bits per heavy atom. The van der Waals surface area contributed by atoms with Gasteiger partial charge in [0.05, 0.1) is 12.6 Å². The van der Waals surface area contributed by atoms with Crippen molar-refractivity contribution in [3.05, 3.63) is 11.6 Å². The molecule has 0 radical (unpaired) electrons. The lowest BCUT2D eigenvalue weighted by atomic mass is 9.47. The van der Waals surface area contributed by atoms with Gasteiger partial charge in [0.2, 0.25) is 5.91 Å². The summed E-state index contributed by atoms with van der Waals surface area (Å²) in [7, 11) is 0. The molecule has 0 bridgehead atoms. The molecule has 152 valence electrons. The molecule has 27 heavy (non-hydrogen) atoms. The number of carbonyl (C=O) groups excluding carboxylic acids is 1. The summed E-state index contributed by atoms with van der Waals surface area (Å²) >= 11 is 0. The van der Waals surface area contributed by atoms with E-state index in [1.165, 1.54) is 38.5 Å². The Hall–Kier alpha value is -0.870. The SMILES string of the molecule is C[C@H](O)[C@H]1CC[C@H]2[C@@H]3CC=C4CC(NC(=O)CN)CC[C@]4(C)[C@H]3CC[C@]12C. The number of hydrogen-bond donors (Lipinski definition) is 3. The van der Waals surface area contributed by atoms with E-state index in [2.05, 4.69) is 25.2 Å². The molecule has 4 heteroatoms. The van der Waals surface area contributed by atoms with Crippen LogP contribution in [0.2, 0.25) is 0 Å². The molecular weight excluding hydrogens is 336 g/mol. The lowest BCUT2D eigenvalue weighted by Gasteiger charge is -2.58. The van der Waals surface area contributed by atoms with Gasteiger partial charge in [0, 0.05) is 6.04 Å². The first-order valence-electron chi connectivity index (χ1n) is 11.2. The minimum Gasteiger partial charge on any atom is -0.393 e. The molecule has 0 saturated heterocycles. The molecule has 3 fully saturated rings. The Bertz CT molecular complexity index is 630. The van der Waals surface area contributed by atoms with Gasteiger partial charge in [0.25, 0.3) is 0 Å². The normalized spacial score (nSPS) is 47.3. The molecule has 0 aliphatic heterocycles. The van der Waals surface area contributed by atoms with E-state index in [4.69, 9.17) is 5.73 Å². The van der Waals surface area contributed by atoms with Crippen molar-refractivity contribution < 1.29 is 9.90 Å². The van der Waals surface area contributed by atoms with E-state index < -0.39 is 0 Å². The highest BCUT2D eigenvalue weighted by Crippen LogP contribution is 2.66. The maximum absolute atomic E-state index is 11.7. The van der Waals surface area contributed by atoms with Crippen LogP contribution in [0.5, 0.6) is 0 Å². The van der Waals surface area contributed by atoms with Gasteiger partial charge in [-0.2, -0.15) is 0 Å². The van der Waals surface area contributed by atoms with Crippen LogP contribution in [0.3, 0.4) is 0 Å². The number of hydrogen-bond acceptors (Lipinski definition) is 3. The fourth-order valence-electron chi connectivity index (χ4n) is 7.90. The predicted molar refractivity (Wildman–Crippen MR) is 108 cm³/mol. The predicted octanol–water partition coefficient (Wildman–Crippen LogP) is 3.39. The summed E-state index contributed by atoms with van der Waals surface area (Å²) in [5, 5.41) is 13.5. The molecule has 4 N–H and O–H groups in total. The first-order valence-corrected chi connectivity index (χ1v) is 11.2. The number of aliphatic hydroxyl groups excluding tert-OH is 1. The third-order valence-corrected chi connectivity index (χ3v) is 9.31. The minimum atomic E-state index is -0.177. The van der Waals surface area contributed by atoms with Crippen LogP contribution in [-0.4, -0.2) is 29.7 Å². The van der Waals surface area contributed by atoms with E-state index in [9.17, 15) is 9.90 Å². The second-order valence-corrected chi connectivity index (χ2v) is 10.4. The fourth-order valence-corrected chi connectivity index (χ4v) is 7.90. The summed E-state index contributed by atoms with van der Waals surface area (Å²) in [5.41, 5.74) is 7.70. The van der Waals surface area contributed by atoms with Crippen molar-refractivity contribution in [2.75, 3.05) is 6.54 Å². The second-order valence-electron chi connectivity index (χ2n) is 10.4. The number of carbonyl (C=O) groups is 1. The van der Waals surface area contributed by atoms with Crippen molar-refractivity contribution in [1.82, 2.24) is 5.32 Å². The Kier molecular flexibility index (Phi) is 4.95. The summed E-state index contributed by atoms with van der Waals surface area (Å²) in [6.45, 7) is 7.06. The van der Waals surface area contributed by atoms with E-state index in [0.717, 1.165) is 30.6 Å². The van der Waals surface area contributed by atoms with E-state index >= 15 is 0 Å². The third kappa shape index (κ3) is 2.98. The number of aliphatic hydroxyl groups is 1. The minimum absolute atomic E-state index is 0.0264. The topological polar surface area (TPSA) is 75.3 Å². The number of nitrogens with one attached hydrogen (secondary N) is 1. The van der Waals surface area contributed by atoms with E-state index in [0.29, 0.717) is 16.7 Å². The quantitative estimate of drug-likeness (QED) is 0.663. The number of nitrogens with two attached hydrogens (primary N) is 1. The molecule has 4 aliphatic rings. The summed E-state index contributed by atoms with van der Waals surface area (Å²) in [4.78, 5) is 11.7. The number of allylic oxidation sites excluding steroid dienone is 1. The van der Waals surface area contributed by atoms with Crippen LogP contribution >= 0.6 is 0 Å². The van der Waals surface area contributed by atoms with Gasteiger partial charge in [-0.15, -0.1) is 0 Å². The van der Waals surface area contributed by atoms with Crippen molar-refractivity contribution in [2.45, 2.75) is 84.3 Å². The second kappa shape index (κ2) is 6.88. The Morgan fingerprint density at radius 3 is 2.74 bits per heavy atom. The van der Waals surface area contributed by atoms with Gasteiger partial charge < -0.3 is 16.2 Å². The van der Waals surface area contributed by atoms with E-state index in [1.54, 1.807) is 5.57 Å². The molecule has 4 nitrogen and oxygen atoms in total. The van der Waals surface area contributed by atoms with Crippen LogP contribution in [0.1, 0.15) is 72.1 Å². The van der Waals surface area contributed by atoms with Crippen LogP contribution in [0.15, 0.2) is 11.6 Å². The number of amides is 1. The highest BCUT2D eigenvalue weighted by molar-refractivity contribution is 5.78. The van der Waals surface area contributed by atoms with E-state index in [-0.39, 0.29) is 24.6 Å². The van der Waals surface area contributed by atoms with Crippen molar-refractivity contribution >= 4 is 5.91 Å². The van der Waals surface area contributed by atoms with Gasteiger partial charge in [-0.05, 0) is 92.8 Å². The maximum Gasteiger partial charge on any atom is 0.233 e. The van der Waals surface area contributed by atoms with E-state index in [1.807, 2.05) is 6.92 Å². The molecule has 0 aromatic carbocycles. The standard InChI is InChI=1S/C23H38N2O2/c1-14(26)18-6-7-19-17-5-4-15-12-16(25-21(27)13-24)8-10-22(15,2)20(17)9-11-23(18,19)3/h4,14,16-20,26H,5-13,24H2,1-3H3,(H,25,27)/t14-,16?,17-,18+,19-,20-,22-,23+/m0/s1. The van der Waals surface area contributed by atoms with Crippen molar-refractivity contribution in [3.8, 4) is 0 Å². The molecule has 4 rings (SSSR count). The maximum atomic E-state index is 11.7. The van der Waals surface area contributed by atoms with Crippen molar-refractivity contribution in [2.24, 2.45) is 40.2 Å². The zero-order chi connectivity index (χ0) is 19.4. The molecular formula is C23H38N2O2. The zero-order valence-electron chi connectivity index (χ0n) is 17.3. The Labute approximate surface area is 164 Å². The molecule has 8 atom stereocenters. The number of rotatable bonds is 3. The van der Waals surface area contributed by atoms with Crippen LogP contribution in [0, 0.1) is 34.5 Å². The molecule has 4 aliphatic carbocycles. The van der Waals surface area contributed by atoms with Crippen LogP contribution < -0.4 is 11.1 Å². The van der Waals surface area contributed by atoms with Crippen LogP contribution in [0.4, 0.5) is 0 Å². The summed E-state index contributed by atoms with van der Waals surface area (Å²) in [6, 6.07) is 0.261. The highest BCUT2D eigenvalue weighted by atomic mass is 16.3. The van der Waals surface area contributed by atoms with Crippen LogP contribution in [0.25, 0.3) is 0 Å². The van der Waals surface area contributed by atoms with Gasteiger partial charge in [-0.25, -0.2) is 0 Å². The molecule has 0 spiro atoms. The molecule has 1 unspecified atom stereocenters. The molecule has 0 heterocycles. The van der Waals surface area contributed by atoms with Gasteiger partial charge in [-0.3, -0.25) is 4.79 Å². The summed E-state index contributed by atoms with van der Waals surface area (Å²) in [6.07, 6.45) is 11.9. The zero-order valence-corrected chi connectivity index (χ0v) is 17.3. The number of fused-ring (bicyclic) bond motifs is 5. The van der Waals surface area contributed by atoms with Gasteiger partial charge in [0.1, 0.15) is 0 Å². The third-order valence-electron chi connectivity index (χ3n) is 9.31. The summed E-state index contributed by atoms with van der Waals surface area (Å²) < 4.78 is 0. The Balaban J connectivity index is 1.55. The summed E-state index contributed by atoms with van der Waals surface area (Å²) in [5.74, 6) is 2.76. The monoisotopic (exact) mass is 374 g/mol. The lowest BCUT2D eigenvalue weighted by Crippen LogP contribution is -2.52. The first kappa shape index (κ1) is 19.4. The lowest BCUT2D eigenvalue weighted by molar-refractivity contribution is -0.120. The smallest absolute Gasteiger partial charge is 0.233 e. The fraction of sp³-hybridized carbons (Fsp3) is 0.870. The largest absolute Gasteiger partial charge is 0.393 e. The Morgan fingerprint density at radius 2 is 2.04 bits per heavy atom. The van der Waals surface area contributed by atoms with Gasteiger partial charge in [0.15, 0.2) is 0 Å². The molecule has 0 aromatic heterocycles. The highest BCUT2D eigenvalue weighted by Gasteiger charge is 2.59. The van der Waals surface area contributed by atoms with Gasteiger partial charge >= 0.3 is 0 Å². The molecule has 1 amide bonds. The van der Waals surface area contributed by atoms with Crippen molar-refractivity contribution in [3.63, 3.8) is 0 Å². The van der Waals surface area contributed by atoms with Crippen LogP contribution in [-0.2, 0) is 4.79 Å². The first-order chi connectivity index (χ1) is 12.8. The van der Waals surface area contributed by atoms with Gasteiger partial charge in [-0.1, -0.05) is 25.5 Å². The molecule has 0 aromatic rings. The average Bonchev–Trinajstić information content (AvgIpc) is 2.99. The van der Waals surface area contributed by atoms with Crippen molar-refractivity contribution in [1.29, 1.82) is 0 Å². The molecule has 3 saturated carbocycles.